The van der Waals surface area contributed by atoms with Gasteiger partial charge in [0.25, 0.3) is 0 Å². The number of hydrogen-bond acceptors (Lipinski definition) is 4. The van der Waals surface area contributed by atoms with E-state index < -0.39 is 7.82 Å². The van der Waals surface area contributed by atoms with Crippen molar-refractivity contribution in [1.29, 1.82) is 0 Å². The van der Waals surface area contributed by atoms with Crippen molar-refractivity contribution in [2.45, 2.75) is 0 Å². The van der Waals surface area contributed by atoms with Crippen LogP contribution >= 0.6 is 24.1 Å². The molecule has 0 fully saturated rings. The predicted molar refractivity (Wildman–Crippen MR) is 47.2 cm³/mol. The molecule has 4 nitrogen and oxygen atoms in total. The van der Waals surface area contributed by atoms with E-state index in [1.165, 1.54) is 0 Å². The van der Waals surface area contributed by atoms with Crippen LogP contribution in [0.4, 0.5) is 0 Å². The second-order valence-electron chi connectivity index (χ2n) is 1.47. The summed E-state index contributed by atoms with van der Waals surface area (Å²) in [6.45, 7) is -0.346. The molecule has 0 unspecified atom stereocenters. The summed E-state index contributed by atoms with van der Waals surface area (Å²) in [5, 5.41) is 0. The summed E-state index contributed by atoms with van der Waals surface area (Å²) in [4.78, 5) is 0. The van der Waals surface area contributed by atoms with Gasteiger partial charge in [0.2, 0.25) is 0 Å². The van der Waals surface area contributed by atoms with Crippen molar-refractivity contribution in [2.24, 2.45) is 0 Å². The minimum atomic E-state index is -3.60. The van der Waals surface area contributed by atoms with Gasteiger partial charge in [-0.25, -0.2) is 8.18 Å². The Bertz CT molecular complexity index is 229. The maximum absolute atomic E-state index is 11.2. The molecule has 0 aliphatic rings. The highest BCUT2D eigenvalue weighted by molar-refractivity contribution is 9.06. The van der Waals surface area contributed by atoms with E-state index in [4.69, 9.17) is 12.8 Å². The first kappa shape index (κ1) is 11.7. The van der Waals surface area contributed by atoms with E-state index in [0.29, 0.717) is 0 Å². The SMILES string of the molecule is C#CCOP(=O)(OBr)OCC#C. The number of phosphoric acid groups is 1. The predicted octanol–water partition coefficient (Wildman–Crippen LogP) is 1.72. The molecular formula is C6H6BrO4P. The number of phosphoric ester groups is 1. The van der Waals surface area contributed by atoms with Crippen LogP contribution in [0.1, 0.15) is 0 Å². The Kier molecular flexibility index (Phi) is 6.10. The molecule has 0 atom stereocenters. The minimum Gasteiger partial charge on any atom is -0.273 e. The molecule has 0 aliphatic carbocycles. The Balaban J connectivity index is 4.00. The summed E-state index contributed by atoms with van der Waals surface area (Å²) in [6, 6.07) is 0. The van der Waals surface area contributed by atoms with E-state index in [0.717, 1.165) is 0 Å². The molecule has 0 rings (SSSR count). The molecule has 0 aliphatic heterocycles. The molecule has 0 spiro atoms. The van der Waals surface area contributed by atoms with Gasteiger partial charge in [-0.05, 0) is 0 Å². The lowest BCUT2D eigenvalue weighted by molar-refractivity contribution is 0.196. The summed E-state index contributed by atoms with van der Waals surface area (Å²) >= 11 is 2.48. The number of rotatable bonds is 5. The lowest BCUT2D eigenvalue weighted by Crippen LogP contribution is -1.96. The third-order valence-corrected chi connectivity index (χ3v) is 2.82. The Morgan fingerprint density at radius 3 is 1.92 bits per heavy atom. The van der Waals surface area contributed by atoms with Crippen molar-refractivity contribution in [3.63, 3.8) is 0 Å². The summed E-state index contributed by atoms with van der Waals surface area (Å²) < 4.78 is 24.6. The molecule has 0 aromatic carbocycles. The van der Waals surface area contributed by atoms with Gasteiger partial charge in [0.1, 0.15) is 29.5 Å². The molecular weight excluding hydrogens is 247 g/mol. The summed E-state index contributed by atoms with van der Waals surface area (Å²) in [5.74, 6) is 4.21. The molecule has 0 saturated carbocycles. The van der Waals surface area contributed by atoms with Crippen LogP contribution in [0.5, 0.6) is 0 Å². The monoisotopic (exact) mass is 252 g/mol. The van der Waals surface area contributed by atoms with Gasteiger partial charge >= 0.3 is 7.82 Å². The smallest absolute Gasteiger partial charge is 0.273 e. The van der Waals surface area contributed by atoms with E-state index >= 15 is 0 Å². The van der Waals surface area contributed by atoms with Gasteiger partial charge < -0.3 is 0 Å². The molecule has 0 N–H and O–H groups in total. The molecule has 0 saturated heterocycles. The van der Waals surface area contributed by atoms with Crippen molar-refractivity contribution < 1.29 is 17.2 Å². The third-order valence-electron chi connectivity index (χ3n) is 0.697. The van der Waals surface area contributed by atoms with E-state index in [9.17, 15) is 4.57 Å². The van der Waals surface area contributed by atoms with Crippen molar-refractivity contribution in [2.75, 3.05) is 13.2 Å². The third kappa shape index (κ3) is 4.56. The molecule has 0 bridgehead atoms. The fourth-order valence-corrected chi connectivity index (χ4v) is 1.43. The lowest BCUT2D eigenvalue weighted by Gasteiger charge is -2.10. The van der Waals surface area contributed by atoms with Gasteiger partial charge in [-0.15, -0.1) is 12.8 Å². The van der Waals surface area contributed by atoms with Crippen LogP contribution in [-0.2, 0) is 17.2 Å². The summed E-state index contributed by atoms with van der Waals surface area (Å²) in [7, 11) is -3.60. The van der Waals surface area contributed by atoms with Crippen LogP contribution in [0, 0.1) is 24.7 Å². The summed E-state index contributed by atoms with van der Waals surface area (Å²) in [6.07, 6.45) is 9.71. The molecule has 6 heteroatoms. The topological polar surface area (TPSA) is 44.8 Å². The van der Waals surface area contributed by atoms with Crippen LogP contribution in [-0.4, -0.2) is 13.2 Å². The van der Waals surface area contributed by atoms with E-state index in [-0.39, 0.29) is 13.2 Å². The van der Waals surface area contributed by atoms with Crippen LogP contribution in [0.15, 0.2) is 0 Å². The van der Waals surface area contributed by atoms with Gasteiger partial charge in [0.05, 0.1) is 0 Å². The number of hydrogen-bond donors (Lipinski definition) is 0. The quantitative estimate of drug-likeness (QED) is 0.552. The number of halogens is 1. The fraction of sp³-hybridized carbons (Fsp3) is 0.333. The van der Waals surface area contributed by atoms with Crippen molar-refractivity contribution in [3.05, 3.63) is 0 Å². The average molecular weight is 253 g/mol. The number of terminal acetylenes is 2. The Morgan fingerprint density at radius 2 is 1.67 bits per heavy atom. The second kappa shape index (κ2) is 6.25. The molecule has 0 aromatic rings. The highest BCUT2D eigenvalue weighted by atomic mass is 79.9. The van der Waals surface area contributed by atoms with E-state index in [1.807, 2.05) is 0 Å². The normalized spacial score (nSPS) is 10.2. The molecule has 0 heterocycles. The van der Waals surface area contributed by atoms with Gasteiger partial charge in [0, 0.05) is 0 Å². The molecule has 0 amide bonds. The zero-order valence-corrected chi connectivity index (χ0v) is 8.51. The van der Waals surface area contributed by atoms with Crippen LogP contribution in [0.3, 0.4) is 0 Å². The second-order valence-corrected chi connectivity index (χ2v) is 3.89. The van der Waals surface area contributed by atoms with Gasteiger partial charge in [-0.2, -0.15) is 0 Å². The molecule has 12 heavy (non-hydrogen) atoms. The maximum atomic E-state index is 11.2. The highest BCUT2D eigenvalue weighted by Gasteiger charge is 2.25. The minimum absolute atomic E-state index is 0.173. The first-order chi connectivity index (χ1) is 5.68. The standard InChI is InChI=1S/C6H6BrO4P/c1-3-5-9-12(8,11-7)10-6-4-2/h1-2H,5-6H2. The molecule has 0 aromatic heterocycles. The molecule has 66 valence electrons. The van der Waals surface area contributed by atoms with Crippen LogP contribution in [0.2, 0.25) is 0 Å². The van der Waals surface area contributed by atoms with E-state index in [2.05, 4.69) is 40.8 Å². The Morgan fingerprint density at radius 1 is 1.25 bits per heavy atom. The zero-order chi connectivity index (χ0) is 9.45. The van der Waals surface area contributed by atoms with Crippen LogP contribution in [0.25, 0.3) is 0 Å². The van der Waals surface area contributed by atoms with Crippen molar-refractivity contribution >= 4 is 24.1 Å². The average Bonchev–Trinajstić information content (AvgIpc) is 2.11. The Labute approximate surface area is 79.6 Å². The van der Waals surface area contributed by atoms with Gasteiger partial charge in [0.15, 0.2) is 0 Å². The van der Waals surface area contributed by atoms with Crippen molar-refractivity contribution in [1.82, 2.24) is 0 Å². The van der Waals surface area contributed by atoms with Crippen molar-refractivity contribution in [3.8, 4) is 24.7 Å². The first-order valence-corrected chi connectivity index (χ1v) is 4.85. The van der Waals surface area contributed by atoms with Gasteiger partial charge in [-0.1, -0.05) is 11.8 Å². The van der Waals surface area contributed by atoms with E-state index in [1.54, 1.807) is 0 Å². The highest BCUT2D eigenvalue weighted by Crippen LogP contribution is 2.50. The van der Waals surface area contributed by atoms with Gasteiger partial charge in [-0.3, -0.25) is 9.05 Å². The summed E-state index contributed by atoms with van der Waals surface area (Å²) in [5.41, 5.74) is 0. The zero-order valence-electron chi connectivity index (χ0n) is 6.03. The molecule has 0 radical (unpaired) electrons. The van der Waals surface area contributed by atoms with Crippen LogP contribution < -0.4 is 0 Å². The largest absolute Gasteiger partial charge is 0.487 e. The Hall–Kier alpha value is -0.290. The fourth-order valence-electron chi connectivity index (χ4n) is 0.310. The maximum Gasteiger partial charge on any atom is 0.487 e. The first-order valence-electron chi connectivity index (χ1n) is 2.75. The lowest BCUT2D eigenvalue weighted by atomic mass is 10.8.